The van der Waals surface area contributed by atoms with Crippen molar-refractivity contribution in [2.75, 3.05) is 18.5 Å². The molecule has 0 amide bonds. The Balaban J connectivity index is 2.77. The van der Waals surface area contributed by atoms with Crippen LogP contribution >= 0.6 is 15.9 Å². The normalized spacial score (nSPS) is 11.0. The third-order valence-electron chi connectivity index (χ3n) is 2.37. The van der Waals surface area contributed by atoms with E-state index in [1.807, 2.05) is 39.0 Å². The number of halogens is 1. The first kappa shape index (κ1) is 14.0. The Hall–Kier alpha value is -1.05. The van der Waals surface area contributed by atoms with Crippen LogP contribution in [0.15, 0.2) is 22.7 Å². The van der Waals surface area contributed by atoms with Gasteiger partial charge in [-0.25, -0.2) is 0 Å². The minimum absolute atomic E-state index is 0.246. The van der Waals surface area contributed by atoms with E-state index >= 15 is 0 Å². The number of benzene rings is 1. The average molecular weight is 297 g/mol. The molecule has 0 saturated heterocycles. The fraction of sp³-hybridized carbons (Fsp3) is 0.462. The Morgan fingerprint density at radius 3 is 2.76 bits per heavy atom. The molecule has 0 saturated carbocycles. The van der Waals surface area contributed by atoms with Crippen LogP contribution in [0.4, 0.5) is 5.69 Å². The number of ether oxygens (including phenoxy) is 1. The molecule has 0 aliphatic carbocycles. The average Bonchev–Trinajstić information content (AvgIpc) is 2.26. The Labute approximate surface area is 111 Å². The van der Waals surface area contributed by atoms with E-state index in [1.165, 1.54) is 0 Å². The zero-order valence-corrected chi connectivity index (χ0v) is 12.0. The maximum Gasteiger partial charge on any atom is 0.103 e. The van der Waals surface area contributed by atoms with Crippen LogP contribution in [-0.4, -0.2) is 18.8 Å². The number of nitriles is 1. The van der Waals surface area contributed by atoms with Crippen LogP contribution in [0.1, 0.15) is 26.3 Å². The molecule has 1 aromatic rings. The van der Waals surface area contributed by atoms with E-state index in [4.69, 9.17) is 10.00 Å². The summed E-state index contributed by atoms with van der Waals surface area (Å²) in [6, 6.07) is 7.84. The van der Waals surface area contributed by atoms with Gasteiger partial charge in [0.1, 0.15) is 6.07 Å². The molecule has 0 spiro atoms. The van der Waals surface area contributed by atoms with Crippen LogP contribution < -0.4 is 5.32 Å². The van der Waals surface area contributed by atoms with Crippen molar-refractivity contribution < 1.29 is 4.74 Å². The lowest BCUT2D eigenvalue weighted by atomic mass is 10.1. The monoisotopic (exact) mass is 296 g/mol. The van der Waals surface area contributed by atoms with Crippen LogP contribution in [0.3, 0.4) is 0 Å². The van der Waals surface area contributed by atoms with Gasteiger partial charge in [0.2, 0.25) is 0 Å². The SMILES string of the molecule is CCOC(C)(C)CNc1cccc(Br)c1C#N. The fourth-order valence-electron chi connectivity index (χ4n) is 1.53. The molecule has 4 heteroatoms. The number of anilines is 1. The van der Waals surface area contributed by atoms with Gasteiger partial charge in [-0.3, -0.25) is 0 Å². The zero-order valence-electron chi connectivity index (χ0n) is 10.4. The molecule has 1 aromatic carbocycles. The van der Waals surface area contributed by atoms with E-state index in [-0.39, 0.29) is 5.60 Å². The molecule has 1 N–H and O–H groups in total. The van der Waals surface area contributed by atoms with Crippen LogP contribution in [0.25, 0.3) is 0 Å². The molecule has 3 nitrogen and oxygen atoms in total. The van der Waals surface area contributed by atoms with Gasteiger partial charge in [0.15, 0.2) is 0 Å². The Kier molecular flexibility index (Phi) is 4.98. The summed E-state index contributed by atoms with van der Waals surface area (Å²) in [6.45, 7) is 7.35. The molecule has 0 fully saturated rings. The lowest BCUT2D eigenvalue weighted by molar-refractivity contribution is 0.000696. The van der Waals surface area contributed by atoms with Gasteiger partial charge in [-0.1, -0.05) is 6.07 Å². The molecule has 0 atom stereocenters. The molecule has 0 radical (unpaired) electrons. The van der Waals surface area contributed by atoms with Crippen LogP contribution in [0.2, 0.25) is 0 Å². The van der Waals surface area contributed by atoms with Crippen molar-refractivity contribution in [2.45, 2.75) is 26.4 Å². The Morgan fingerprint density at radius 1 is 1.47 bits per heavy atom. The highest BCUT2D eigenvalue weighted by atomic mass is 79.9. The largest absolute Gasteiger partial charge is 0.381 e. The second kappa shape index (κ2) is 6.04. The molecule has 0 aliphatic heterocycles. The Bertz CT molecular complexity index is 424. The first-order valence-electron chi connectivity index (χ1n) is 5.56. The molecule has 0 unspecified atom stereocenters. The molecule has 17 heavy (non-hydrogen) atoms. The van der Waals surface area contributed by atoms with Gasteiger partial charge in [-0.05, 0) is 48.8 Å². The number of nitrogens with zero attached hydrogens (tertiary/aromatic N) is 1. The molecule has 1 rings (SSSR count). The minimum atomic E-state index is -0.246. The summed E-state index contributed by atoms with van der Waals surface area (Å²) in [6.07, 6.45) is 0. The van der Waals surface area contributed by atoms with Gasteiger partial charge >= 0.3 is 0 Å². The zero-order chi connectivity index (χ0) is 12.9. The molecule has 0 bridgehead atoms. The second-order valence-corrected chi connectivity index (χ2v) is 5.17. The number of rotatable bonds is 5. The Morgan fingerprint density at radius 2 is 2.18 bits per heavy atom. The smallest absolute Gasteiger partial charge is 0.103 e. The van der Waals surface area contributed by atoms with Crippen molar-refractivity contribution in [1.29, 1.82) is 5.26 Å². The third-order valence-corrected chi connectivity index (χ3v) is 3.03. The minimum Gasteiger partial charge on any atom is -0.381 e. The summed E-state index contributed by atoms with van der Waals surface area (Å²) in [5.41, 5.74) is 1.21. The number of nitrogens with one attached hydrogen (secondary N) is 1. The molecular weight excluding hydrogens is 280 g/mol. The standard InChI is InChI=1S/C13H17BrN2O/c1-4-17-13(2,3)9-16-12-7-5-6-11(14)10(12)8-15/h5-7,16H,4,9H2,1-3H3. The lowest BCUT2D eigenvalue weighted by Gasteiger charge is -2.25. The van der Waals surface area contributed by atoms with Gasteiger partial charge in [0.05, 0.1) is 16.9 Å². The third kappa shape index (κ3) is 4.03. The van der Waals surface area contributed by atoms with Gasteiger partial charge in [-0.2, -0.15) is 5.26 Å². The summed E-state index contributed by atoms with van der Waals surface area (Å²) in [5.74, 6) is 0. The highest BCUT2D eigenvalue weighted by molar-refractivity contribution is 9.10. The highest BCUT2D eigenvalue weighted by Crippen LogP contribution is 2.24. The highest BCUT2D eigenvalue weighted by Gasteiger charge is 2.18. The van der Waals surface area contributed by atoms with Crippen molar-refractivity contribution in [2.24, 2.45) is 0 Å². The number of hydrogen-bond acceptors (Lipinski definition) is 3. The van der Waals surface area contributed by atoms with E-state index in [2.05, 4.69) is 27.3 Å². The fourth-order valence-corrected chi connectivity index (χ4v) is 1.99. The van der Waals surface area contributed by atoms with Crippen LogP contribution in [-0.2, 0) is 4.74 Å². The van der Waals surface area contributed by atoms with E-state index in [1.54, 1.807) is 0 Å². The molecular formula is C13H17BrN2O. The number of hydrogen-bond donors (Lipinski definition) is 1. The van der Waals surface area contributed by atoms with Gasteiger partial charge in [0, 0.05) is 17.6 Å². The predicted octanol–water partition coefficient (Wildman–Crippen LogP) is 3.55. The van der Waals surface area contributed by atoms with Crippen molar-refractivity contribution in [3.05, 3.63) is 28.2 Å². The van der Waals surface area contributed by atoms with Gasteiger partial charge in [0.25, 0.3) is 0 Å². The van der Waals surface area contributed by atoms with Crippen molar-refractivity contribution >= 4 is 21.6 Å². The van der Waals surface area contributed by atoms with Gasteiger partial charge < -0.3 is 10.1 Å². The van der Waals surface area contributed by atoms with E-state index in [0.29, 0.717) is 18.7 Å². The second-order valence-electron chi connectivity index (χ2n) is 4.32. The molecule has 0 heterocycles. The predicted molar refractivity (Wildman–Crippen MR) is 73.1 cm³/mol. The van der Waals surface area contributed by atoms with Crippen LogP contribution in [0.5, 0.6) is 0 Å². The maximum atomic E-state index is 9.08. The quantitative estimate of drug-likeness (QED) is 0.904. The summed E-state index contributed by atoms with van der Waals surface area (Å²) >= 11 is 3.36. The van der Waals surface area contributed by atoms with E-state index in [9.17, 15) is 0 Å². The maximum absolute atomic E-state index is 9.08. The van der Waals surface area contributed by atoms with Gasteiger partial charge in [-0.15, -0.1) is 0 Å². The summed E-state index contributed by atoms with van der Waals surface area (Å²) < 4.78 is 6.40. The topological polar surface area (TPSA) is 45.0 Å². The first-order chi connectivity index (χ1) is 8.00. The van der Waals surface area contributed by atoms with Crippen LogP contribution in [0, 0.1) is 11.3 Å². The summed E-state index contributed by atoms with van der Waals surface area (Å²) in [7, 11) is 0. The molecule has 0 aliphatic rings. The first-order valence-corrected chi connectivity index (χ1v) is 6.36. The van der Waals surface area contributed by atoms with E-state index < -0.39 is 0 Å². The van der Waals surface area contributed by atoms with E-state index in [0.717, 1.165) is 10.2 Å². The molecule has 92 valence electrons. The molecule has 0 aromatic heterocycles. The van der Waals surface area contributed by atoms with Crippen molar-refractivity contribution in [3.63, 3.8) is 0 Å². The van der Waals surface area contributed by atoms with Crippen molar-refractivity contribution in [1.82, 2.24) is 0 Å². The van der Waals surface area contributed by atoms with Crippen molar-refractivity contribution in [3.8, 4) is 6.07 Å². The lowest BCUT2D eigenvalue weighted by Crippen LogP contribution is -2.33. The summed E-state index contributed by atoms with van der Waals surface area (Å²) in [4.78, 5) is 0. The summed E-state index contributed by atoms with van der Waals surface area (Å²) in [5, 5.41) is 12.3.